The Bertz CT molecular complexity index is 1270. The predicted octanol–water partition coefficient (Wildman–Crippen LogP) is 2.74. The summed E-state index contributed by atoms with van der Waals surface area (Å²) in [5.41, 5.74) is 3.04. The van der Waals surface area contributed by atoms with Crippen LogP contribution in [0.1, 0.15) is 30.4 Å². The Balaban J connectivity index is 1.63. The molecule has 4 atom stereocenters. The van der Waals surface area contributed by atoms with Crippen LogP contribution < -0.4 is 0 Å². The molecule has 0 bridgehead atoms. The first-order chi connectivity index (χ1) is 18.3. The maximum absolute atomic E-state index is 13.1. The number of aromatic hydroxyl groups is 1. The fourth-order valence-electron chi connectivity index (χ4n) is 5.57. The summed E-state index contributed by atoms with van der Waals surface area (Å²) < 4.78 is 4.59. The van der Waals surface area contributed by atoms with Gasteiger partial charge in [-0.15, -0.1) is 0 Å². The number of benzene rings is 2. The molecule has 1 saturated heterocycles. The molecule has 200 valence electrons. The van der Waals surface area contributed by atoms with E-state index in [0.29, 0.717) is 28.0 Å². The van der Waals surface area contributed by atoms with Crippen LogP contribution in [0.15, 0.2) is 65.7 Å². The molecule has 0 saturated carbocycles. The third-order valence-corrected chi connectivity index (χ3v) is 7.39. The number of phenols is 1. The molecule has 3 amide bonds. The summed E-state index contributed by atoms with van der Waals surface area (Å²) in [7, 11) is 1.06. The molecule has 38 heavy (non-hydrogen) atoms. The lowest BCUT2D eigenvalue weighted by Gasteiger charge is -2.36. The van der Waals surface area contributed by atoms with Crippen molar-refractivity contribution in [3.8, 4) is 5.75 Å². The second-order valence-electron chi connectivity index (χ2n) is 9.47. The van der Waals surface area contributed by atoms with Crippen molar-refractivity contribution in [1.82, 2.24) is 4.90 Å². The van der Waals surface area contributed by atoms with Crippen molar-refractivity contribution in [1.29, 1.82) is 0 Å². The van der Waals surface area contributed by atoms with Gasteiger partial charge in [-0.2, -0.15) is 4.90 Å². The van der Waals surface area contributed by atoms with Gasteiger partial charge in [0.05, 0.1) is 38.3 Å². The minimum absolute atomic E-state index is 0.0125. The maximum atomic E-state index is 13.1. The van der Waals surface area contributed by atoms with Crippen LogP contribution in [0.25, 0.3) is 11.6 Å². The van der Waals surface area contributed by atoms with Crippen LogP contribution in [0.5, 0.6) is 5.75 Å². The number of allylic oxidation sites excluding steroid dienone is 1. The van der Waals surface area contributed by atoms with Gasteiger partial charge in [0.15, 0.2) is 0 Å². The van der Waals surface area contributed by atoms with Crippen molar-refractivity contribution >= 4 is 29.6 Å². The summed E-state index contributed by atoms with van der Waals surface area (Å²) in [5, 5.41) is 42.0. The molecule has 0 spiro atoms. The van der Waals surface area contributed by atoms with Gasteiger partial charge >= 0.3 is 6.09 Å². The van der Waals surface area contributed by atoms with E-state index in [-0.39, 0.29) is 18.6 Å². The number of aliphatic hydroxyl groups is 3. The second-order valence-corrected chi connectivity index (χ2v) is 9.47. The molecule has 0 radical (unpaired) electrons. The highest BCUT2D eigenvalue weighted by Crippen LogP contribution is 2.46. The summed E-state index contributed by atoms with van der Waals surface area (Å²) in [6.45, 7) is -1.02. The Morgan fingerprint density at radius 2 is 1.76 bits per heavy atom. The third kappa shape index (κ3) is 5.13. The third-order valence-electron chi connectivity index (χ3n) is 7.39. The quantitative estimate of drug-likeness (QED) is 0.236. The van der Waals surface area contributed by atoms with Gasteiger partial charge in [-0.05, 0) is 53.7 Å². The Kier molecular flexibility index (Phi) is 8.41. The molecule has 0 aromatic heterocycles. The van der Waals surface area contributed by atoms with Crippen molar-refractivity contribution in [3.05, 3.63) is 76.9 Å². The molecular formula is C29H31NO8. The minimum Gasteiger partial charge on any atom is -0.507 e. The lowest BCUT2D eigenvalue weighted by Crippen LogP contribution is -2.40. The summed E-state index contributed by atoms with van der Waals surface area (Å²) >= 11 is 0. The van der Waals surface area contributed by atoms with E-state index in [9.17, 15) is 34.8 Å². The highest BCUT2D eigenvalue weighted by molar-refractivity contribution is 6.16. The first-order valence-corrected chi connectivity index (χ1v) is 12.4. The lowest BCUT2D eigenvalue weighted by atomic mass is 9.68. The van der Waals surface area contributed by atoms with Crippen LogP contribution >= 0.6 is 0 Å². The fourth-order valence-corrected chi connectivity index (χ4v) is 5.57. The van der Waals surface area contributed by atoms with Crippen molar-refractivity contribution in [2.24, 2.45) is 17.8 Å². The van der Waals surface area contributed by atoms with E-state index in [2.05, 4.69) is 4.74 Å². The zero-order chi connectivity index (χ0) is 27.4. The standard InChI is InChI=1S/C29H31NO8/c1-38-29(37)30-27(35)21-14-20(15-31)25(22(16-32)26(21)28(30)36)24(34)12-11-18(17-7-3-2-4-8-17)13-19-9-5-6-10-23(19)33/h2-10,13,21-22,24,26,31-34H,11-12,14-16H2,1H3/b18-13-/t21-,22+,24-,26-/m1/s1. The first-order valence-electron chi connectivity index (χ1n) is 12.4. The molecule has 4 N–H and O–H groups in total. The van der Waals surface area contributed by atoms with E-state index < -0.39 is 55.0 Å². The summed E-state index contributed by atoms with van der Waals surface area (Å²) in [6, 6.07) is 16.4. The number of carbonyl (C=O) groups excluding carboxylic acids is 3. The molecule has 0 unspecified atom stereocenters. The van der Waals surface area contributed by atoms with E-state index in [1.807, 2.05) is 42.5 Å². The molecule has 2 aromatic carbocycles. The summed E-state index contributed by atoms with van der Waals surface area (Å²) in [4.78, 5) is 38.5. The number of phenolic OH excluding ortho intramolecular Hbond substituents is 1. The molecule has 1 aliphatic carbocycles. The smallest absolute Gasteiger partial charge is 0.423 e. The Morgan fingerprint density at radius 1 is 1.08 bits per heavy atom. The fraction of sp³-hybridized carbons (Fsp3) is 0.345. The normalized spacial score (nSPS) is 22.5. The number of likely N-dealkylation sites (tertiary alicyclic amines) is 1. The Labute approximate surface area is 220 Å². The van der Waals surface area contributed by atoms with E-state index in [1.165, 1.54) is 0 Å². The Morgan fingerprint density at radius 3 is 2.39 bits per heavy atom. The van der Waals surface area contributed by atoms with Gasteiger partial charge in [0.1, 0.15) is 5.75 Å². The number of hydrogen-bond donors (Lipinski definition) is 4. The van der Waals surface area contributed by atoms with Crippen molar-refractivity contribution in [2.45, 2.75) is 25.4 Å². The molecule has 2 aliphatic rings. The molecule has 9 heteroatoms. The number of amides is 3. The summed E-state index contributed by atoms with van der Waals surface area (Å²) in [6.07, 6.45) is 0.148. The first kappa shape index (κ1) is 27.3. The van der Waals surface area contributed by atoms with Gasteiger partial charge < -0.3 is 25.2 Å². The van der Waals surface area contributed by atoms with E-state index in [1.54, 1.807) is 18.2 Å². The Hall–Kier alpha value is -3.79. The number of nitrogens with zero attached hydrogens (tertiary/aromatic N) is 1. The number of para-hydroxylation sites is 1. The average molecular weight is 522 g/mol. The molecule has 1 fully saturated rings. The highest BCUT2D eigenvalue weighted by Gasteiger charge is 2.57. The van der Waals surface area contributed by atoms with Crippen LogP contribution in [0, 0.1) is 17.8 Å². The van der Waals surface area contributed by atoms with E-state index in [0.717, 1.165) is 18.2 Å². The van der Waals surface area contributed by atoms with Gasteiger partial charge in [0.2, 0.25) is 11.8 Å². The molecular weight excluding hydrogens is 490 g/mol. The van der Waals surface area contributed by atoms with Crippen LogP contribution in [0.4, 0.5) is 4.79 Å². The number of ether oxygens (including phenoxy) is 1. The largest absolute Gasteiger partial charge is 0.507 e. The SMILES string of the molecule is COC(=O)N1C(=O)[C@@H]2[C@@H](CC(CO)=C([C@H](O)CC/C(=C/c3ccccc3O)c3ccccc3)[C@@H]2CO)C1=O. The van der Waals surface area contributed by atoms with Crippen molar-refractivity contribution in [3.63, 3.8) is 0 Å². The van der Waals surface area contributed by atoms with Crippen LogP contribution in [0.3, 0.4) is 0 Å². The second kappa shape index (κ2) is 11.7. The van der Waals surface area contributed by atoms with Gasteiger partial charge in [0, 0.05) is 11.5 Å². The van der Waals surface area contributed by atoms with E-state index in [4.69, 9.17) is 0 Å². The van der Waals surface area contributed by atoms with E-state index >= 15 is 0 Å². The summed E-state index contributed by atoms with van der Waals surface area (Å²) in [5.74, 6) is -4.32. The zero-order valence-electron chi connectivity index (χ0n) is 21.0. The van der Waals surface area contributed by atoms with Gasteiger partial charge in [0.25, 0.3) is 0 Å². The van der Waals surface area contributed by atoms with Gasteiger partial charge in [-0.25, -0.2) is 4.79 Å². The molecule has 9 nitrogen and oxygen atoms in total. The predicted molar refractivity (Wildman–Crippen MR) is 138 cm³/mol. The van der Waals surface area contributed by atoms with Crippen LogP contribution in [-0.4, -0.2) is 69.7 Å². The minimum atomic E-state index is -1.14. The van der Waals surface area contributed by atoms with Gasteiger partial charge in [-0.1, -0.05) is 48.5 Å². The monoisotopic (exact) mass is 521 g/mol. The topological polar surface area (TPSA) is 145 Å². The molecule has 4 rings (SSSR count). The number of hydrogen-bond acceptors (Lipinski definition) is 8. The molecule has 2 aromatic rings. The average Bonchev–Trinajstić information content (AvgIpc) is 3.19. The number of imide groups is 3. The highest BCUT2D eigenvalue weighted by atomic mass is 16.5. The van der Waals surface area contributed by atoms with Crippen molar-refractivity contribution < 1.29 is 39.5 Å². The number of rotatable bonds is 8. The van der Waals surface area contributed by atoms with Crippen molar-refractivity contribution in [2.75, 3.05) is 20.3 Å². The van der Waals surface area contributed by atoms with Crippen LogP contribution in [-0.2, 0) is 14.3 Å². The number of fused-ring (bicyclic) bond motifs is 1. The lowest BCUT2D eigenvalue weighted by molar-refractivity contribution is -0.137. The number of methoxy groups -OCH3 is 1. The van der Waals surface area contributed by atoms with Crippen LogP contribution in [0.2, 0.25) is 0 Å². The molecule has 1 heterocycles. The molecule has 1 aliphatic heterocycles. The van der Waals surface area contributed by atoms with Gasteiger partial charge in [-0.3, -0.25) is 9.59 Å². The zero-order valence-corrected chi connectivity index (χ0v) is 21.0. The number of aliphatic hydroxyl groups excluding tert-OH is 3. The maximum Gasteiger partial charge on any atom is 0.423 e. The number of carbonyl (C=O) groups is 3.